The summed E-state index contributed by atoms with van der Waals surface area (Å²) in [5, 5.41) is 0. The van der Waals surface area contributed by atoms with Gasteiger partial charge in [-0.2, -0.15) is 0 Å². The van der Waals surface area contributed by atoms with E-state index in [-0.39, 0.29) is 36.8 Å². The lowest BCUT2D eigenvalue weighted by Crippen LogP contribution is -2.34. The zero-order chi connectivity index (χ0) is 14.3. The number of nitrogens with zero attached hydrogens (tertiary/aromatic N) is 3. The maximum absolute atomic E-state index is 12.6. The Bertz CT molecular complexity index is 658. The molecule has 0 aliphatic carbocycles. The van der Waals surface area contributed by atoms with Gasteiger partial charge in [0.2, 0.25) is 0 Å². The molecule has 0 spiro atoms. The summed E-state index contributed by atoms with van der Waals surface area (Å²) < 4.78 is 1.89. The number of halogens is 2. The number of pyridine rings is 1. The summed E-state index contributed by atoms with van der Waals surface area (Å²) >= 11 is 0. The molecule has 2 atom stereocenters. The molecular weight excluding hydrogens is 323 g/mol. The minimum atomic E-state index is 0. The third-order valence-corrected chi connectivity index (χ3v) is 4.09. The molecule has 0 aromatic carbocycles. The number of rotatable bonds is 2. The van der Waals surface area contributed by atoms with E-state index in [0.717, 1.165) is 24.2 Å². The van der Waals surface area contributed by atoms with Crippen LogP contribution in [0.5, 0.6) is 0 Å². The van der Waals surface area contributed by atoms with Crippen molar-refractivity contribution in [2.75, 3.05) is 13.1 Å². The maximum atomic E-state index is 12.6. The molecule has 2 aromatic rings. The second-order valence-electron chi connectivity index (χ2n) is 5.74. The molecule has 1 aliphatic heterocycles. The summed E-state index contributed by atoms with van der Waals surface area (Å²) in [6, 6.07) is 4.22. The van der Waals surface area contributed by atoms with Crippen molar-refractivity contribution in [2.24, 2.45) is 11.7 Å². The largest absolute Gasteiger partial charge is 0.334 e. The molecule has 5 nitrogen and oxygen atoms in total. The monoisotopic (exact) mass is 344 g/mol. The van der Waals surface area contributed by atoms with Crippen LogP contribution in [0.15, 0.2) is 24.5 Å². The van der Waals surface area contributed by atoms with Crippen molar-refractivity contribution in [3.05, 3.63) is 35.8 Å². The van der Waals surface area contributed by atoms with Crippen molar-refractivity contribution in [3.63, 3.8) is 0 Å². The summed E-state index contributed by atoms with van der Waals surface area (Å²) in [5.41, 5.74) is 8.19. The fourth-order valence-corrected chi connectivity index (χ4v) is 2.93. The van der Waals surface area contributed by atoms with Crippen LogP contribution in [0.25, 0.3) is 5.65 Å². The van der Waals surface area contributed by atoms with E-state index >= 15 is 0 Å². The van der Waals surface area contributed by atoms with E-state index in [1.807, 2.05) is 34.6 Å². The van der Waals surface area contributed by atoms with Crippen LogP contribution in [0.1, 0.15) is 29.4 Å². The molecule has 122 valence electrons. The van der Waals surface area contributed by atoms with Crippen LogP contribution in [0.2, 0.25) is 0 Å². The molecule has 22 heavy (non-hydrogen) atoms. The number of carbonyl (C=O) groups is 1. The van der Waals surface area contributed by atoms with Gasteiger partial charge in [-0.05, 0) is 50.4 Å². The first-order valence-electron chi connectivity index (χ1n) is 7.05. The van der Waals surface area contributed by atoms with E-state index in [0.29, 0.717) is 18.2 Å². The highest BCUT2D eigenvalue weighted by molar-refractivity contribution is 5.93. The molecular formula is C15H22Cl2N4O. The smallest absolute Gasteiger partial charge is 0.274 e. The minimum absolute atomic E-state index is 0. The number of fused-ring (bicyclic) bond motifs is 1. The Labute approximate surface area is 142 Å². The van der Waals surface area contributed by atoms with Gasteiger partial charge in [-0.3, -0.25) is 4.79 Å². The number of hydrogen-bond donors (Lipinski definition) is 1. The first kappa shape index (κ1) is 18.7. The topological polar surface area (TPSA) is 63.6 Å². The Balaban J connectivity index is 0.00000121. The normalized spacial score (nSPS) is 20.6. The van der Waals surface area contributed by atoms with Crippen LogP contribution in [-0.4, -0.2) is 39.3 Å². The lowest BCUT2D eigenvalue weighted by Gasteiger charge is -2.20. The SMILES string of the molecule is Cc1ccn2cc(C(=O)N3CC(CN)CC3C)nc2c1.Cl.Cl. The number of nitrogens with two attached hydrogens (primary N) is 1. The van der Waals surface area contributed by atoms with E-state index < -0.39 is 0 Å². The molecule has 1 saturated heterocycles. The van der Waals surface area contributed by atoms with Gasteiger partial charge in [-0.25, -0.2) is 4.98 Å². The quantitative estimate of drug-likeness (QED) is 0.908. The van der Waals surface area contributed by atoms with Crippen molar-refractivity contribution in [2.45, 2.75) is 26.3 Å². The molecule has 2 unspecified atom stereocenters. The Hall–Kier alpha value is -1.30. The lowest BCUT2D eigenvalue weighted by molar-refractivity contribution is 0.0738. The third-order valence-electron chi connectivity index (χ3n) is 4.09. The molecule has 3 rings (SSSR count). The average molecular weight is 345 g/mol. The van der Waals surface area contributed by atoms with Crippen LogP contribution in [0.3, 0.4) is 0 Å². The van der Waals surface area contributed by atoms with E-state index in [1.165, 1.54) is 0 Å². The van der Waals surface area contributed by atoms with E-state index in [9.17, 15) is 4.79 Å². The molecule has 2 aromatic heterocycles. The average Bonchev–Trinajstić information content (AvgIpc) is 3.00. The predicted octanol–water partition coefficient (Wildman–Crippen LogP) is 2.30. The van der Waals surface area contributed by atoms with Crippen molar-refractivity contribution in [1.29, 1.82) is 0 Å². The Morgan fingerprint density at radius 1 is 1.45 bits per heavy atom. The summed E-state index contributed by atoms with van der Waals surface area (Å²) in [4.78, 5) is 18.9. The zero-order valence-electron chi connectivity index (χ0n) is 12.7. The number of aromatic nitrogens is 2. The number of amides is 1. The molecule has 0 bridgehead atoms. The Morgan fingerprint density at radius 2 is 2.18 bits per heavy atom. The van der Waals surface area contributed by atoms with Crippen molar-refractivity contribution >= 4 is 36.4 Å². The van der Waals surface area contributed by atoms with Crippen molar-refractivity contribution in [1.82, 2.24) is 14.3 Å². The van der Waals surface area contributed by atoms with Gasteiger partial charge in [0.15, 0.2) is 0 Å². The van der Waals surface area contributed by atoms with E-state index in [2.05, 4.69) is 11.9 Å². The molecule has 7 heteroatoms. The number of imidazole rings is 1. The van der Waals surface area contributed by atoms with Crippen molar-refractivity contribution < 1.29 is 4.79 Å². The van der Waals surface area contributed by atoms with E-state index in [4.69, 9.17) is 5.73 Å². The van der Waals surface area contributed by atoms with Crippen LogP contribution < -0.4 is 5.73 Å². The number of likely N-dealkylation sites (tertiary alicyclic amines) is 1. The summed E-state index contributed by atoms with van der Waals surface area (Å²) in [7, 11) is 0. The second-order valence-corrected chi connectivity index (χ2v) is 5.74. The molecule has 0 radical (unpaired) electrons. The maximum Gasteiger partial charge on any atom is 0.274 e. The van der Waals surface area contributed by atoms with Crippen LogP contribution in [0.4, 0.5) is 0 Å². The first-order chi connectivity index (χ1) is 9.58. The van der Waals surface area contributed by atoms with Gasteiger partial charge in [-0.15, -0.1) is 24.8 Å². The van der Waals surface area contributed by atoms with Crippen molar-refractivity contribution in [3.8, 4) is 0 Å². The minimum Gasteiger partial charge on any atom is -0.334 e. The van der Waals surface area contributed by atoms with E-state index in [1.54, 1.807) is 6.20 Å². The Kier molecular flexibility index (Phi) is 6.23. The van der Waals surface area contributed by atoms with Gasteiger partial charge in [0.25, 0.3) is 5.91 Å². The molecule has 2 N–H and O–H groups in total. The van der Waals surface area contributed by atoms with Gasteiger partial charge in [0.1, 0.15) is 11.3 Å². The van der Waals surface area contributed by atoms with Gasteiger partial charge < -0.3 is 15.0 Å². The summed E-state index contributed by atoms with van der Waals surface area (Å²) in [5.74, 6) is 0.419. The van der Waals surface area contributed by atoms with Gasteiger partial charge in [0, 0.05) is 25.0 Å². The lowest BCUT2D eigenvalue weighted by atomic mass is 10.1. The Morgan fingerprint density at radius 3 is 2.82 bits per heavy atom. The molecule has 1 aliphatic rings. The first-order valence-corrected chi connectivity index (χ1v) is 7.05. The summed E-state index contributed by atoms with van der Waals surface area (Å²) in [6.07, 6.45) is 4.72. The zero-order valence-corrected chi connectivity index (χ0v) is 14.4. The number of carbonyl (C=O) groups excluding carboxylic acids is 1. The number of aryl methyl sites for hydroxylation is 1. The van der Waals surface area contributed by atoms with Crippen LogP contribution in [-0.2, 0) is 0 Å². The number of hydrogen-bond acceptors (Lipinski definition) is 3. The highest BCUT2D eigenvalue weighted by Gasteiger charge is 2.33. The van der Waals surface area contributed by atoms with Crippen LogP contribution in [0, 0.1) is 12.8 Å². The van der Waals surface area contributed by atoms with Gasteiger partial charge in [0.05, 0.1) is 0 Å². The molecule has 1 fully saturated rings. The highest BCUT2D eigenvalue weighted by Crippen LogP contribution is 2.24. The standard InChI is InChI=1S/C15H20N4O.2ClH/c1-10-3-4-18-9-13(17-14(18)5-10)15(20)19-8-12(7-16)6-11(19)2;;/h3-5,9,11-12H,6-8,16H2,1-2H3;2*1H. The molecule has 0 saturated carbocycles. The molecule has 3 heterocycles. The molecule has 1 amide bonds. The fourth-order valence-electron chi connectivity index (χ4n) is 2.93. The second kappa shape index (κ2) is 7.31. The van der Waals surface area contributed by atoms with Gasteiger partial charge in [-0.1, -0.05) is 0 Å². The highest BCUT2D eigenvalue weighted by atomic mass is 35.5. The third kappa shape index (κ3) is 3.37. The fraction of sp³-hybridized carbons (Fsp3) is 0.467. The summed E-state index contributed by atoms with van der Waals surface area (Å²) in [6.45, 7) is 5.47. The predicted molar refractivity (Wildman–Crippen MR) is 92.1 cm³/mol. The van der Waals surface area contributed by atoms with Gasteiger partial charge >= 0.3 is 0 Å². The van der Waals surface area contributed by atoms with Crippen LogP contribution >= 0.6 is 24.8 Å².